The van der Waals surface area contributed by atoms with Crippen LogP contribution in [0.25, 0.3) is 17.0 Å². The maximum atomic E-state index is 13.2. The van der Waals surface area contributed by atoms with Gasteiger partial charge in [0.15, 0.2) is 28.8 Å². The van der Waals surface area contributed by atoms with Crippen LogP contribution in [0.2, 0.25) is 0 Å². The molecule has 0 saturated heterocycles. The summed E-state index contributed by atoms with van der Waals surface area (Å²) < 4.78 is 52.0. The summed E-state index contributed by atoms with van der Waals surface area (Å²) in [5.74, 6) is 1.48. The Labute approximate surface area is 163 Å². The molecule has 0 radical (unpaired) electrons. The van der Waals surface area contributed by atoms with Gasteiger partial charge in [-0.2, -0.15) is 13.2 Å². The van der Waals surface area contributed by atoms with E-state index in [9.17, 15) is 13.2 Å². The molecule has 1 N–H and O–H groups in total. The zero-order chi connectivity index (χ0) is 20.8. The number of nitrogens with one attached hydrogen (secondary N) is 1. The van der Waals surface area contributed by atoms with Crippen molar-refractivity contribution in [2.24, 2.45) is 0 Å². The minimum Gasteiger partial charge on any atom is -0.496 e. The molecule has 0 aliphatic carbocycles. The van der Waals surface area contributed by atoms with Gasteiger partial charge in [0.05, 0.1) is 24.6 Å². The molecule has 3 heterocycles. The van der Waals surface area contributed by atoms with Crippen molar-refractivity contribution < 1.29 is 22.3 Å². The van der Waals surface area contributed by atoms with Crippen LogP contribution in [0.3, 0.4) is 0 Å². The molecule has 0 amide bonds. The first-order valence-corrected chi connectivity index (χ1v) is 8.56. The Balaban J connectivity index is 1.76. The topological polar surface area (TPSA) is 77.5 Å². The fraction of sp³-hybridized carbons (Fsp3) is 0.211. The number of rotatable bonds is 4. The lowest BCUT2D eigenvalue weighted by Crippen LogP contribution is -2.11. The highest BCUT2D eigenvalue weighted by Crippen LogP contribution is 2.35. The van der Waals surface area contributed by atoms with Gasteiger partial charge >= 0.3 is 6.18 Å². The highest BCUT2D eigenvalue weighted by atomic mass is 19.4. The SMILES string of the molecule is COc1cc(Nc2nc(C(F)(F)F)cn3cc(C)nc23)ccc1-c1cnc(C)o1. The lowest BCUT2D eigenvalue weighted by Gasteiger charge is -2.13. The Morgan fingerprint density at radius 3 is 2.59 bits per heavy atom. The number of alkyl halides is 3. The van der Waals surface area contributed by atoms with Gasteiger partial charge in [-0.15, -0.1) is 0 Å². The van der Waals surface area contributed by atoms with Gasteiger partial charge in [-0.3, -0.25) is 0 Å². The van der Waals surface area contributed by atoms with Crippen molar-refractivity contribution >= 4 is 17.2 Å². The molecule has 0 bridgehead atoms. The number of ether oxygens (including phenoxy) is 1. The van der Waals surface area contributed by atoms with E-state index < -0.39 is 11.9 Å². The predicted molar refractivity (Wildman–Crippen MR) is 99.2 cm³/mol. The van der Waals surface area contributed by atoms with E-state index in [1.54, 1.807) is 38.2 Å². The summed E-state index contributed by atoms with van der Waals surface area (Å²) in [6, 6.07) is 5.05. The number of anilines is 2. The third-order valence-electron chi connectivity index (χ3n) is 4.20. The Morgan fingerprint density at radius 2 is 1.93 bits per heavy atom. The van der Waals surface area contributed by atoms with Crippen LogP contribution in [0.1, 0.15) is 17.3 Å². The van der Waals surface area contributed by atoms with Crippen LogP contribution < -0.4 is 10.1 Å². The van der Waals surface area contributed by atoms with Gasteiger partial charge in [-0.05, 0) is 19.1 Å². The number of nitrogens with zero attached hydrogens (tertiary/aromatic N) is 4. The minimum atomic E-state index is -4.59. The maximum Gasteiger partial charge on any atom is 0.434 e. The standard InChI is InChI=1S/C19H16F3N5O2/c1-10-8-27-9-16(19(20,21)22)26-17(18(27)24-10)25-12-4-5-13(14(6-12)28-3)15-7-23-11(2)29-15/h4-9H,1-3H3,(H,25,26). The second-order valence-electron chi connectivity index (χ2n) is 6.37. The third kappa shape index (κ3) is 3.60. The Hall–Kier alpha value is -3.56. The van der Waals surface area contributed by atoms with E-state index in [1.165, 1.54) is 17.7 Å². The van der Waals surface area contributed by atoms with Gasteiger partial charge in [0, 0.05) is 31.1 Å². The van der Waals surface area contributed by atoms with Gasteiger partial charge in [-0.25, -0.2) is 15.0 Å². The predicted octanol–water partition coefficient (Wildman–Crippen LogP) is 4.77. The molecule has 150 valence electrons. The zero-order valence-electron chi connectivity index (χ0n) is 15.7. The van der Waals surface area contributed by atoms with E-state index in [-0.39, 0.29) is 11.5 Å². The van der Waals surface area contributed by atoms with Crippen molar-refractivity contribution in [3.05, 3.63) is 54.1 Å². The van der Waals surface area contributed by atoms with Crippen molar-refractivity contribution in [3.8, 4) is 17.1 Å². The monoisotopic (exact) mass is 403 g/mol. The molecule has 0 aliphatic rings. The maximum absolute atomic E-state index is 13.2. The minimum absolute atomic E-state index is 0.0155. The molecule has 4 aromatic rings. The number of benzene rings is 1. The quantitative estimate of drug-likeness (QED) is 0.529. The van der Waals surface area contributed by atoms with Gasteiger partial charge in [0.2, 0.25) is 0 Å². The molecule has 0 spiro atoms. The van der Waals surface area contributed by atoms with Crippen LogP contribution >= 0.6 is 0 Å². The molecule has 1 aromatic carbocycles. The fourth-order valence-corrected chi connectivity index (χ4v) is 2.94. The summed E-state index contributed by atoms with van der Waals surface area (Å²) in [5, 5.41) is 2.91. The molecule has 3 aromatic heterocycles. The molecule has 0 fully saturated rings. The second kappa shape index (κ2) is 6.80. The van der Waals surface area contributed by atoms with Crippen molar-refractivity contribution in [1.82, 2.24) is 19.4 Å². The number of oxazole rings is 1. The van der Waals surface area contributed by atoms with Gasteiger partial charge in [0.1, 0.15) is 5.75 Å². The average Bonchev–Trinajstić information content (AvgIpc) is 3.25. The highest BCUT2D eigenvalue weighted by molar-refractivity contribution is 5.75. The van der Waals surface area contributed by atoms with Crippen LogP contribution in [-0.4, -0.2) is 26.5 Å². The molecule has 0 saturated carbocycles. The van der Waals surface area contributed by atoms with Crippen LogP contribution in [0.5, 0.6) is 5.75 Å². The normalized spacial score (nSPS) is 11.8. The van der Waals surface area contributed by atoms with Crippen LogP contribution in [0.4, 0.5) is 24.7 Å². The molecule has 0 unspecified atom stereocenters. The Morgan fingerprint density at radius 1 is 1.14 bits per heavy atom. The highest BCUT2D eigenvalue weighted by Gasteiger charge is 2.34. The summed E-state index contributed by atoms with van der Waals surface area (Å²) >= 11 is 0. The Bertz CT molecular complexity index is 1200. The number of hydrogen-bond donors (Lipinski definition) is 1. The van der Waals surface area contributed by atoms with E-state index in [0.29, 0.717) is 34.3 Å². The molecule has 29 heavy (non-hydrogen) atoms. The number of methoxy groups -OCH3 is 1. The number of fused-ring (bicyclic) bond motifs is 1. The second-order valence-corrected chi connectivity index (χ2v) is 6.37. The summed E-state index contributed by atoms with van der Waals surface area (Å²) in [6.07, 6.45) is -0.593. The molecular formula is C19H16F3N5O2. The summed E-state index contributed by atoms with van der Waals surface area (Å²) in [6.45, 7) is 3.42. The molecular weight excluding hydrogens is 387 g/mol. The van der Waals surface area contributed by atoms with E-state index in [0.717, 1.165) is 6.20 Å². The smallest absolute Gasteiger partial charge is 0.434 e. The third-order valence-corrected chi connectivity index (χ3v) is 4.20. The van der Waals surface area contributed by atoms with E-state index in [2.05, 4.69) is 20.3 Å². The zero-order valence-corrected chi connectivity index (χ0v) is 15.7. The van der Waals surface area contributed by atoms with Crippen LogP contribution in [0, 0.1) is 13.8 Å². The number of imidazole rings is 1. The number of aryl methyl sites for hydroxylation is 2. The number of aromatic nitrogens is 4. The lowest BCUT2D eigenvalue weighted by atomic mass is 10.1. The van der Waals surface area contributed by atoms with Gasteiger partial charge in [0.25, 0.3) is 0 Å². The van der Waals surface area contributed by atoms with Crippen LogP contribution in [-0.2, 0) is 6.18 Å². The number of halogens is 3. The summed E-state index contributed by atoms with van der Waals surface area (Å²) in [7, 11) is 1.49. The van der Waals surface area contributed by atoms with Crippen molar-refractivity contribution in [3.63, 3.8) is 0 Å². The van der Waals surface area contributed by atoms with Crippen molar-refractivity contribution in [2.45, 2.75) is 20.0 Å². The molecule has 10 heteroatoms. The number of hydrogen-bond acceptors (Lipinski definition) is 6. The molecule has 7 nitrogen and oxygen atoms in total. The van der Waals surface area contributed by atoms with Crippen molar-refractivity contribution in [1.29, 1.82) is 0 Å². The molecule has 0 aliphatic heterocycles. The Kier molecular flexibility index (Phi) is 4.40. The first-order valence-electron chi connectivity index (χ1n) is 8.56. The van der Waals surface area contributed by atoms with E-state index in [4.69, 9.17) is 9.15 Å². The summed E-state index contributed by atoms with van der Waals surface area (Å²) in [4.78, 5) is 12.1. The average molecular weight is 403 g/mol. The molecule has 0 atom stereocenters. The summed E-state index contributed by atoms with van der Waals surface area (Å²) in [5.41, 5.74) is 0.978. The largest absolute Gasteiger partial charge is 0.496 e. The van der Waals surface area contributed by atoms with E-state index >= 15 is 0 Å². The van der Waals surface area contributed by atoms with Gasteiger partial charge in [-0.1, -0.05) is 0 Å². The van der Waals surface area contributed by atoms with Gasteiger partial charge < -0.3 is 18.9 Å². The van der Waals surface area contributed by atoms with E-state index in [1.807, 2.05) is 0 Å². The lowest BCUT2D eigenvalue weighted by molar-refractivity contribution is -0.141. The first-order chi connectivity index (χ1) is 13.7. The van der Waals surface area contributed by atoms with Crippen LogP contribution in [0.15, 0.2) is 41.2 Å². The fourth-order valence-electron chi connectivity index (χ4n) is 2.94. The molecule has 4 rings (SSSR count). The van der Waals surface area contributed by atoms with Crippen molar-refractivity contribution in [2.75, 3.05) is 12.4 Å². The first kappa shape index (κ1) is 18.8.